The van der Waals surface area contributed by atoms with Gasteiger partial charge in [0.2, 0.25) is 5.95 Å². The lowest BCUT2D eigenvalue weighted by atomic mass is 10.2. The van der Waals surface area contributed by atoms with Gasteiger partial charge in [-0.05, 0) is 33.6 Å². The Balaban J connectivity index is 2.11. The Morgan fingerprint density at radius 2 is 2.07 bits per heavy atom. The minimum absolute atomic E-state index is 0.482. The summed E-state index contributed by atoms with van der Waals surface area (Å²) < 4.78 is 2.23. The van der Waals surface area contributed by atoms with Gasteiger partial charge >= 0.3 is 0 Å². The van der Waals surface area contributed by atoms with Crippen LogP contribution in [0.25, 0.3) is 0 Å². The van der Waals surface area contributed by atoms with Crippen LogP contribution in [-0.4, -0.2) is 15.6 Å². The van der Waals surface area contributed by atoms with E-state index in [1.807, 2.05) is 0 Å². The molecular weight excluding hydrogens is 186 g/mol. The highest BCUT2D eigenvalue weighted by molar-refractivity contribution is 5.31. The summed E-state index contributed by atoms with van der Waals surface area (Å²) in [5.74, 6) is 1.05. The van der Waals surface area contributed by atoms with Crippen molar-refractivity contribution in [1.82, 2.24) is 9.55 Å². The standard InChI is InChI=1S/C12H21N3/c1-9(2)15-8-10(3)13-12(15)14-11-6-4-5-7-11/h8-9,11H,4-7H2,1-3H3,(H,13,14). The zero-order valence-electron chi connectivity index (χ0n) is 9.95. The molecule has 1 aromatic rings. The molecule has 1 aromatic heterocycles. The summed E-state index contributed by atoms with van der Waals surface area (Å²) in [5, 5.41) is 3.56. The predicted octanol–water partition coefficient (Wildman–Crippen LogP) is 3.13. The number of rotatable bonds is 3. The average molecular weight is 207 g/mol. The SMILES string of the molecule is Cc1cn(C(C)C)c(NC2CCCC2)n1. The van der Waals surface area contributed by atoms with Crippen LogP contribution in [0.5, 0.6) is 0 Å². The summed E-state index contributed by atoms with van der Waals surface area (Å²) in [6, 6.07) is 1.12. The van der Waals surface area contributed by atoms with Crippen molar-refractivity contribution in [2.45, 2.75) is 58.5 Å². The monoisotopic (exact) mass is 207 g/mol. The molecule has 1 heterocycles. The second-order valence-electron chi connectivity index (χ2n) is 4.83. The maximum Gasteiger partial charge on any atom is 0.203 e. The topological polar surface area (TPSA) is 29.9 Å². The number of anilines is 1. The molecule has 1 aliphatic rings. The van der Waals surface area contributed by atoms with Gasteiger partial charge in [0.15, 0.2) is 0 Å². The van der Waals surface area contributed by atoms with Gasteiger partial charge in [0.05, 0.1) is 5.69 Å². The van der Waals surface area contributed by atoms with Crippen LogP contribution in [-0.2, 0) is 0 Å². The third-order valence-electron chi connectivity index (χ3n) is 3.10. The van der Waals surface area contributed by atoms with Gasteiger partial charge in [-0.2, -0.15) is 0 Å². The Bertz CT molecular complexity index is 322. The largest absolute Gasteiger partial charge is 0.353 e. The molecule has 1 fully saturated rings. The van der Waals surface area contributed by atoms with Gasteiger partial charge in [0.1, 0.15) is 0 Å². The molecule has 1 N–H and O–H groups in total. The van der Waals surface area contributed by atoms with Crippen LogP contribution in [0.1, 0.15) is 51.3 Å². The van der Waals surface area contributed by atoms with Gasteiger partial charge in [-0.1, -0.05) is 12.8 Å². The Morgan fingerprint density at radius 1 is 1.40 bits per heavy atom. The quantitative estimate of drug-likeness (QED) is 0.825. The first kappa shape index (κ1) is 10.5. The first-order chi connectivity index (χ1) is 7.16. The smallest absolute Gasteiger partial charge is 0.203 e. The third-order valence-corrected chi connectivity index (χ3v) is 3.10. The molecule has 1 aliphatic carbocycles. The van der Waals surface area contributed by atoms with Gasteiger partial charge in [-0.3, -0.25) is 0 Å². The average Bonchev–Trinajstić information content (AvgIpc) is 2.75. The van der Waals surface area contributed by atoms with Crippen LogP contribution >= 0.6 is 0 Å². The van der Waals surface area contributed by atoms with E-state index in [-0.39, 0.29) is 0 Å². The fraction of sp³-hybridized carbons (Fsp3) is 0.750. The van der Waals surface area contributed by atoms with Gasteiger partial charge in [0.25, 0.3) is 0 Å². The van der Waals surface area contributed by atoms with E-state index >= 15 is 0 Å². The summed E-state index contributed by atoms with van der Waals surface area (Å²) in [5.41, 5.74) is 1.10. The van der Waals surface area contributed by atoms with Crippen molar-refractivity contribution in [3.05, 3.63) is 11.9 Å². The van der Waals surface area contributed by atoms with Crippen LogP contribution in [0.4, 0.5) is 5.95 Å². The van der Waals surface area contributed by atoms with Gasteiger partial charge < -0.3 is 9.88 Å². The molecule has 0 unspecified atom stereocenters. The van der Waals surface area contributed by atoms with E-state index in [4.69, 9.17) is 0 Å². The van der Waals surface area contributed by atoms with Crippen molar-refractivity contribution in [2.75, 3.05) is 5.32 Å². The molecule has 0 amide bonds. The lowest BCUT2D eigenvalue weighted by molar-refractivity contribution is 0.596. The summed E-state index contributed by atoms with van der Waals surface area (Å²) in [6.45, 7) is 6.45. The van der Waals surface area contributed by atoms with E-state index < -0.39 is 0 Å². The molecule has 0 atom stereocenters. The molecule has 0 spiro atoms. The van der Waals surface area contributed by atoms with Crippen molar-refractivity contribution in [2.24, 2.45) is 0 Å². The first-order valence-corrected chi connectivity index (χ1v) is 5.99. The summed E-state index contributed by atoms with van der Waals surface area (Å²) in [7, 11) is 0. The number of nitrogens with one attached hydrogen (secondary N) is 1. The van der Waals surface area contributed by atoms with E-state index in [1.165, 1.54) is 25.7 Å². The second kappa shape index (κ2) is 4.25. The third kappa shape index (κ3) is 2.33. The zero-order chi connectivity index (χ0) is 10.8. The van der Waals surface area contributed by atoms with Crippen molar-refractivity contribution < 1.29 is 0 Å². The van der Waals surface area contributed by atoms with Crippen molar-refractivity contribution in [1.29, 1.82) is 0 Å². The van der Waals surface area contributed by atoms with Gasteiger partial charge in [-0.25, -0.2) is 4.98 Å². The second-order valence-corrected chi connectivity index (χ2v) is 4.83. The maximum absolute atomic E-state index is 4.55. The highest BCUT2D eigenvalue weighted by Gasteiger charge is 2.17. The molecule has 3 nitrogen and oxygen atoms in total. The number of hydrogen-bond donors (Lipinski definition) is 1. The number of imidazole rings is 1. The Morgan fingerprint density at radius 3 is 2.67 bits per heavy atom. The maximum atomic E-state index is 4.55. The molecule has 15 heavy (non-hydrogen) atoms. The van der Waals surface area contributed by atoms with Crippen molar-refractivity contribution >= 4 is 5.95 Å². The summed E-state index contributed by atoms with van der Waals surface area (Å²) >= 11 is 0. The highest BCUT2D eigenvalue weighted by Crippen LogP contribution is 2.23. The Hall–Kier alpha value is -0.990. The van der Waals surface area contributed by atoms with E-state index in [9.17, 15) is 0 Å². The molecule has 0 bridgehead atoms. The van der Waals surface area contributed by atoms with E-state index in [0.717, 1.165) is 11.6 Å². The van der Waals surface area contributed by atoms with E-state index in [0.29, 0.717) is 12.1 Å². The van der Waals surface area contributed by atoms with Crippen molar-refractivity contribution in [3.63, 3.8) is 0 Å². The minimum Gasteiger partial charge on any atom is -0.353 e. The van der Waals surface area contributed by atoms with Crippen molar-refractivity contribution in [3.8, 4) is 0 Å². The number of aryl methyl sites for hydroxylation is 1. The molecule has 3 heteroatoms. The number of aromatic nitrogens is 2. The predicted molar refractivity (Wildman–Crippen MR) is 63.2 cm³/mol. The molecule has 0 aromatic carbocycles. The van der Waals surface area contributed by atoms with Gasteiger partial charge in [0, 0.05) is 18.3 Å². The molecule has 0 saturated heterocycles. The van der Waals surface area contributed by atoms with E-state index in [1.54, 1.807) is 0 Å². The molecule has 0 aliphatic heterocycles. The first-order valence-electron chi connectivity index (χ1n) is 5.99. The minimum atomic E-state index is 0.482. The molecule has 1 saturated carbocycles. The number of nitrogens with zero attached hydrogens (tertiary/aromatic N) is 2. The van der Waals surface area contributed by atoms with Crippen LogP contribution in [0.15, 0.2) is 6.20 Å². The molecule has 84 valence electrons. The summed E-state index contributed by atoms with van der Waals surface area (Å²) in [4.78, 5) is 4.55. The van der Waals surface area contributed by atoms with Crippen LogP contribution in [0.3, 0.4) is 0 Å². The lowest BCUT2D eigenvalue weighted by Gasteiger charge is -2.16. The Labute approximate surface area is 91.9 Å². The normalized spacial score (nSPS) is 17.6. The highest BCUT2D eigenvalue weighted by atomic mass is 15.2. The van der Waals surface area contributed by atoms with Crippen LogP contribution < -0.4 is 5.32 Å². The molecule has 2 rings (SSSR count). The van der Waals surface area contributed by atoms with Crippen LogP contribution in [0.2, 0.25) is 0 Å². The molecular formula is C12H21N3. The Kier molecular flexibility index (Phi) is 2.98. The molecule has 0 radical (unpaired) electrons. The van der Waals surface area contributed by atoms with Crippen LogP contribution in [0, 0.1) is 6.92 Å². The zero-order valence-corrected chi connectivity index (χ0v) is 9.95. The number of hydrogen-bond acceptors (Lipinski definition) is 2. The lowest BCUT2D eigenvalue weighted by Crippen LogP contribution is -2.18. The van der Waals surface area contributed by atoms with Gasteiger partial charge in [-0.15, -0.1) is 0 Å². The summed E-state index contributed by atoms with van der Waals surface area (Å²) in [6.07, 6.45) is 7.44. The fourth-order valence-electron chi connectivity index (χ4n) is 2.27. The fourth-order valence-corrected chi connectivity index (χ4v) is 2.27. The van der Waals surface area contributed by atoms with E-state index in [2.05, 4.69) is 41.8 Å².